The molecule has 0 atom stereocenters. The number of nitro groups is 1. The molecule has 1 N–H and O–H groups in total. The molecule has 152 valence electrons. The van der Waals surface area contributed by atoms with Gasteiger partial charge in [-0.1, -0.05) is 18.2 Å². The maximum atomic E-state index is 12.6. The third kappa shape index (κ3) is 3.31. The smallest absolute Gasteiger partial charge is 0.270 e. The van der Waals surface area contributed by atoms with Crippen molar-refractivity contribution in [3.8, 4) is 0 Å². The van der Waals surface area contributed by atoms with Gasteiger partial charge in [-0.2, -0.15) is 0 Å². The highest BCUT2D eigenvalue weighted by molar-refractivity contribution is 7.92. The standard InChI is InChI=1S/C22H24N2O4S/c25-24(26)20-2-1-3-21(11-20)29(27,28)23-19-6-4-18(5-7-19)22-12-15-8-16(13-22)10-17(9-15)14-22/h1-7,11,15-17,23H,8-10,12-14H2. The molecule has 4 aliphatic rings. The molecule has 2 aromatic carbocycles. The number of hydrogen-bond donors (Lipinski definition) is 1. The summed E-state index contributed by atoms with van der Waals surface area (Å²) in [5.41, 5.74) is 1.83. The van der Waals surface area contributed by atoms with E-state index in [9.17, 15) is 18.5 Å². The number of rotatable bonds is 5. The molecular formula is C22H24N2O4S. The van der Waals surface area contributed by atoms with Crippen LogP contribution in [0.3, 0.4) is 0 Å². The highest BCUT2D eigenvalue weighted by atomic mass is 32.2. The predicted octanol–water partition coefficient (Wildman–Crippen LogP) is 4.86. The van der Waals surface area contributed by atoms with Crippen molar-refractivity contribution in [2.45, 2.75) is 48.8 Å². The predicted molar refractivity (Wildman–Crippen MR) is 110 cm³/mol. The summed E-state index contributed by atoms with van der Waals surface area (Å²) in [6.07, 6.45) is 7.95. The summed E-state index contributed by atoms with van der Waals surface area (Å²) < 4.78 is 27.9. The number of nitrogens with one attached hydrogen (secondary N) is 1. The Balaban J connectivity index is 1.37. The first kappa shape index (κ1) is 18.6. The van der Waals surface area contributed by atoms with Crippen LogP contribution in [0.15, 0.2) is 53.4 Å². The monoisotopic (exact) mass is 412 g/mol. The maximum absolute atomic E-state index is 12.6. The van der Waals surface area contributed by atoms with Crippen LogP contribution in [0.25, 0.3) is 0 Å². The second kappa shape index (κ2) is 6.55. The van der Waals surface area contributed by atoms with E-state index in [-0.39, 0.29) is 16.0 Å². The molecule has 0 amide bonds. The molecule has 0 unspecified atom stereocenters. The summed E-state index contributed by atoms with van der Waals surface area (Å²) in [4.78, 5) is 10.2. The van der Waals surface area contributed by atoms with E-state index >= 15 is 0 Å². The number of non-ortho nitro benzene ring substituents is 1. The van der Waals surface area contributed by atoms with E-state index in [2.05, 4.69) is 16.9 Å². The molecule has 0 radical (unpaired) electrons. The first-order valence-electron chi connectivity index (χ1n) is 10.2. The average Bonchev–Trinajstić information content (AvgIpc) is 2.67. The topological polar surface area (TPSA) is 89.3 Å². The molecule has 4 saturated carbocycles. The van der Waals surface area contributed by atoms with Crippen molar-refractivity contribution in [2.24, 2.45) is 17.8 Å². The number of hydrogen-bond acceptors (Lipinski definition) is 4. The zero-order valence-electron chi connectivity index (χ0n) is 16.1. The molecule has 0 aliphatic heterocycles. The highest BCUT2D eigenvalue weighted by Gasteiger charge is 2.51. The molecule has 6 rings (SSSR count). The van der Waals surface area contributed by atoms with E-state index in [4.69, 9.17) is 0 Å². The van der Waals surface area contributed by atoms with E-state index < -0.39 is 14.9 Å². The van der Waals surface area contributed by atoms with Gasteiger partial charge in [0.1, 0.15) is 0 Å². The second-order valence-corrected chi connectivity index (χ2v) is 10.8. The van der Waals surface area contributed by atoms with Crippen LogP contribution in [0.1, 0.15) is 44.1 Å². The fourth-order valence-electron chi connectivity index (χ4n) is 6.33. The Morgan fingerprint density at radius 1 is 0.931 bits per heavy atom. The molecular weight excluding hydrogens is 388 g/mol. The van der Waals surface area contributed by atoms with Crippen LogP contribution in [0, 0.1) is 27.9 Å². The zero-order valence-corrected chi connectivity index (χ0v) is 16.9. The minimum Gasteiger partial charge on any atom is -0.280 e. The van der Waals surface area contributed by atoms with Gasteiger partial charge in [0.2, 0.25) is 0 Å². The van der Waals surface area contributed by atoms with Crippen LogP contribution in [-0.4, -0.2) is 13.3 Å². The largest absolute Gasteiger partial charge is 0.280 e. The number of sulfonamides is 1. The van der Waals surface area contributed by atoms with Crippen molar-refractivity contribution < 1.29 is 13.3 Å². The molecule has 0 aromatic heterocycles. The second-order valence-electron chi connectivity index (χ2n) is 9.14. The van der Waals surface area contributed by atoms with Crippen molar-refractivity contribution >= 4 is 21.4 Å². The molecule has 29 heavy (non-hydrogen) atoms. The van der Waals surface area contributed by atoms with Crippen LogP contribution in [0.4, 0.5) is 11.4 Å². The van der Waals surface area contributed by atoms with Crippen LogP contribution in [0.2, 0.25) is 0 Å². The van der Waals surface area contributed by atoms with E-state index in [1.807, 2.05) is 12.1 Å². The summed E-state index contributed by atoms with van der Waals surface area (Å²) in [6.45, 7) is 0. The van der Waals surface area contributed by atoms with E-state index in [0.29, 0.717) is 5.69 Å². The minimum absolute atomic E-state index is 0.114. The van der Waals surface area contributed by atoms with Gasteiger partial charge < -0.3 is 0 Å². The Kier molecular flexibility index (Phi) is 4.21. The van der Waals surface area contributed by atoms with Crippen LogP contribution >= 0.6 is 0 Å². The van der Waals surface area contributed by atoms with E-state index in [0.717, 1.165) is 23.8 Å². The lowest BCUT2D eigenvalue weighted by Gasteiger charge is -2.57. The van der Waals surface area contributed by atoms with Gasteiger partial charge in [-0.05, 0) is 85.5 Å². The molecule has 4 bridgehead atoms. The molecule has 7 heteroatoms. The fourth-order valence-corrected chi connectivity index (χ4v) is 7.43. The lowest BCUT2D eigenvalue weighted by atomic mass is 9.48. The van der Waals surface area contributed by atoms with E-state index in [1.54, 1.807) is 0 Å². The first-order valence-corrected chi connectivity index (χ1v) is 11.7. The average molecular weight is 413 g/mol. The van der Waals surface area contributed by atoms with Crippen LogP contribution < -0.4 is 4.72 Å². The van der Waals surface area contributed by atoms with Crippen molar-refractivity contribution in [3.05, 3.63) is 64.2 Å². The summed E-state index contributed by atoms with van der Waals surface area (Å²) in [7, 11) is -3.88. The number of nitro benzene ring substituents is 1. The summed E-state index contributed by atoms with van der Waals surface area (Å²) in [5.74, 6) is 2.56. The quantitative estimate of drug-likeness (QED) is 0.561. The number of nitrogens with zero attached hydrogens (tertiary/aromatic N) is 1. The Hall–Kier alpha value is -2.41. The normalized spacial score (nSPS) is 30.3. The van der Waals surface area contributed by atoms with Gasteiger partial charge in [0.25, 0.3) is 15.7 Å². The Labute approximate surface area is 170 Å². The molecule has 4 aliphatic carbocycles. The van der Waals surface area contributed by atoms with Gasteiger partial charge in [0.05, 0.1) is 9.82 Å². The van der Waals surface area contributed by atoms with Gasteiger partial charge in [0, 0.05) is 17.8 Å². The zero-order chi connectivity index (χ0) is 20.2. The molecule has 0 spiro atoms. The molecule has 4 fully saturated rings. The van der Waals surface area contributed by atoms with Crippen molar-refractivity contribution in [1.29, 1.82) is 0 Å². The van der Waals surface area contributed by atoms with Gasteiger partial charge in [-0.15, -0.1) is 0 Å². The van der Waals surface area contributed by atoms with Crippen LogP contribution in [-0.2, 0) is 15.4 Å². The minimum atomic E-state index is -3.88. The molecule has 2 aromatic rings. The lowest BCUT2D eigenvalue weighted by molar-refractivity contribution is -0.385. The van der Waals surface area contributed by atoms with Crippen LogP contribution in [0.5, 0.6) is 0 Å². The SMILES string of the molecule is O=[N+]([O-])c1cccc(S(=O)(=O)Nc2ccc(C34CC5CC(CC(C5)C3)C4)cc2)c1. The van der Waals surface area contributed by atoms with Gasteiger partial charge in [-0.25, -0.2) is 8.42 Å². The molecule has 6 nitrogen and oxygen atoms in total. The maximum Gasteiger partial charge on any atom is 0.270 e. The lowest BCUT2D eigenvalue weighted by Crippen LogP contribution is -2.48. The Bertz CT molecular complexity index is 1030. The van der Waals surface area contributed by atoms with Gasteiger partial charge in [0.15, 0.2) is 0 Å². The summed E-state index contributed by atoms with van der Waals surface area (Å²) in [5, 5.41) is 10.9. The van der Waals surface area contributed by atoms with Gasteiger partial charge in [-0.3, -0.25) is 14.8 Å². The highest BCUT2D eigenvalue weighted by Crippen LogP contribution is 2.60. The first-order chi connectivity index (χ1) is 13.8. The third-order valence-corrected chi connectivity index (χ3v) is 8.51. The summed E-state index contributed by atoms with van der Waals surface area (Å²) in [6, 6.07) is 12.9. The summed E-state index contributed by atoms with van der Waals surface area (Å²) >= 11 is 0. The number of anilines is 1. The Morgan fingerprint density at radius 3 is 2.07 bits per heavy atom. The Morgan fingerprint density at radius 2 is 1.52 bits per heavy atom. The van der Waals surface area contributed by atoms with Crippen molar-refractivity contribution in [2.75, 3.05) is 4.72 Å². The van der Waals surface area contributed by atoms with Crippen molar-refractivity contribution in [1.82, 2.24) is 0 Å². The number of benzene rings is 2. The van der Waals surface area contributed by atoms with Crippen molar-refractivity contribution in [3.63, 3.8) is 0 Å². The third-order valence-electron chi connectivity index (χ3n) is 7.13. The fraction of sp³-hybridized carbons (Fsp3) is 0.455. The molecule has 0 saturated heterocycles. The van der Waals surface area contributed by atoms with E-state index in [1.165, 1.54) is 62.3 Å². The molecule has 0 heterocycles. The van der Waals surface area contributed by atoms with Gasteiger partial charge >= 0.3 is 0 Å².